The van der Waals surface area contributed by atoms with Gasteiger partial charge in [0, 0.05) is 23.7 Å². The number of nitrogens with zero attached hydrogens (tertiary/aromatic N) is 3. The molecule has 3 aromatic rings. The summed E-state index contributed by atoms with van der Waals surface area (Å²) in [7, 11) is 0. The van der Waals surface area contributed by atoms with Crippen molar-refractivity contribution in [2.75, 3.05) is 6.54 Å². The van der Waals surface area contributed by atoms with Gasteiger partial charge >= 0.3 is 0 Å². The molecule has 30 heavy (non-hydrogen) atoms. The van der Waals surface area contributed by atoms with E-state index in [2.05, 4.69) is 20.7 Å². The van der Waals surface area contributed by atoms with Crippen LogP contribution in [0.1, 0.15) is 49.5 Å². The van der Waals surface area contributed by atoms with Gasteiger partial charge in [-0.1, -0.05) is 37.5 Å². The fourth-order valence-corrected chi connectivity index (χ4v) is 4.62. The Morgan fingerprint density at radius 3 is 2.67 bits per heavy atom. The van der Waals surface area contributed by atoms with Gasteiger partial charge in [-0.15, -0.1) is 11.3 Å². The summed E-state index contributed by atoms with van der Waals surface area (Å²) in [4.78, 5) is 30.1. The first-order valence-corrected chi connectivity index (χ1v) is 11.2. The van der Waals surface area contributed by atoms with Gasteiger partial charge in [0.25, 0.3) is 5.91 Å². The number of thiazole rings is 1. The largest absolute Gasteiger partial charge is 0.354 e. The summed E-state index contributed by atoms with van der Waals surface area (Å²) in [6.07, 6.45) is 7.90. The molecule has 0 unspecified atom stereocenters. The highest BCUT2D eigenvalue weighted by Crippen LogP contribution is 2.30. The maximum atomic E-state index is 12.9. The van der Waals surface area contributed by atoms with Crippen molar-refractivity contribution in [3.05, 3.63) is 53.8 Å². The fraction of sp³-hybridized carbons (Fsp3) is 0.364. The SMILES string of the molecule is CCNC(=O)C1(NC(=O)c2csc(-c3cnn(-c4ccccc4)c3)n2)CCCCC1. The topological polar surface area (TPSA) is 88.9 Å². The molecular weight excluding hydrogens is 398 g/mol. The molecule has 2 heterocycles. The van der Waals surface area contributed by atoms with Gasteiger partial charge in [-0.3, -0.25) is 9.59 Å². The van der Waals surface area contributed by atoms with Gasteiger partial charge in [0.15, 0.2) is 0 Å². The summed E-state index contributed by atoms with van der Waals surface area (Å²) in [6.45, 7) is 2.43. The fourth-order valence-electron chi connectivity index (χ4n) is 3.84. The Labute approximate surface area is 179 Å². The van der Waals surface area contributed by atoms with E-state index in [1.807, 2.05) is 43.5 Å². The lowest BCUT2D eigenvalue weighted by Crippen LogP contribution is -2.59. The van der Waals surface area contributed by atoms with Gasteiger partial charge in [0.1, 0.15) is 16.2 Å². The molecule has 0 spiro atoms. The van der Waals surface area contributed by atoms with Gasteiger partial charge in [0.2, 0.25) is 5.91 Å². The number of aromatic nitrogens is 3. The Morgan fingerprint density at radius 2 is 1.93 bits per heavy atom. The van der Waals surface area contributed by atoms with Crippen molar-refractivity contribution < 1.29 is 9.59 Å². The molecule has 0 atom stereocenters. The highest BCUT2D eigenvalue weighted by Gasteiger charge is 2.41. The van der Waals surface area contributed by atoms with Crippen molar-refractivity contribution in [3.63, 3.8) is 0 Å². The van der Waals surface area contributed by atoms with Crippen molar-refractivity contribution in [2.45, 2.75) is 44.6 Å². The number of likely N-dealkylation sites (N-methyl/N-ethyl adjacent to an activating group) is 1. The van der Waals surface area contributed by atoms with Gasteiger partial charge in [-0.2, -0.15) is 5.10 Å². The van der Waals surface area contributed by atoms with Crippen LogP contribution >= 0.6 is 11.3 Å². The average Bonchev–Trinajstić information content (AvgIpc) is 3.45. The van der Waals surface area contributed by atoms with Crippen molar-refractivity contribution in [3.8, 4) is 16.3 Å². The minimum Gasteiger partial charge on any atom is -0.354 e. The number of hydrogen-bond acceptors (Lipinski definition) is 5. The molecule has 1 aromatic carbocycles. The van der Waals surface area contributed by atoms with Gasteiger partial charge in [0.05, 0.1) is 11.9 Å². The minimum absolute atomic E-state index is 0.0994. The lowest BCUT2D eigenvalue weighted by molar-refractivity contribution is -0.128. The Balaban J connectivity index is 1.51. The Morgan fingerprint density at radius 1 is 1.17 bits per heavy atom. The van der Waals surface area contributed by atoms with Crippen LogP contribution in [-0.2, 0) is 4.79 Å². The molecule has 4 rings (SSSR count). The number of para-hydroxylation sites is 1. The number of carbonyl (C=O) groups is 2. The standard InChI is InChI=1S/C22H25N5O2S/c1-2-23-21(29)22(11-7-4-8-12-22)26-19(28)18-15-30-20(25-18)16-13-24-27(14-16)17-9-5-3-6-10-17/h3,5-6,9-10,13-15H,2,4,7-8,11-12H2,1H3,(H,23,29)(H,26,28). The summed E-state index contributed by atoms with van der Waals surface area (Å²) in [6, 6.07) is 9.82. The second kappa shape index (κ2) is 8.79. The van der Waals surface area contributed by atoms with Crippen LogP contribution in [0.3, 0.4) is 0 Å². The van der Waals surface area contributed by atoms with E-state index in [4.69, 9.17) is 0 Å². The van der Waals surface area contributed by atoms with Crippen LogP contribution in [0.5, 0.6) is 0 Å². The molecule has 2 N–H and O–H groups in total. The summed E-state index contributed by atoms with van der Waals surface area (Å²) < 4.78 is 1.78. The molecule has 1 saturated carbocycles. The molecule has 0 aliphatic heterocycles. The van der Waals surface area contributed by atoms with E-state index < -0.39 is 5.54 Å². The van der Waals surface area contributed by atoms with Crippen molar-refractivity contribution >= 4 is 23.2 Å². The van der Waals surface area contributed by atoms with Crippen LogP contribution in [0.15, 0.2) is 48.1 Å². The lowest BCUT2D eigenvalue weighted by atomic mass is 9.80. The molecule has 156 valence electrons. The predicted molar refractivity (Wildman–Crippen MR) is 117 cm³/mol. The lowest BCUT2D eigenvalue weighted by Gasteiger charge is -2.36. The predicted octanol–water partition coefficient (Wildman–Crippen LogP) is 3.56. The number of carbonyl (C=O) groups excluding carboxylic acids is 2. The van der Waals surface area contributed by atoms with Gasteiger partial charge in [-0.25, -0.2) is 9.67 Å². The van der Waals surface area contributed by atoms with Crippen LogP contribution in [0.2, 0.25) is 0 Å². The molecule has 2 amide bonds. The maximum absolute atomic E-state index is 12.9. The number of amides is 2. The monoisotopic (exact) mass is 423 g/mol. The second-order valence-corrected chi connectivity index (χ2v) is 8.36. The Bertz CT molecular complexity index is 1020. The zero-order valence-electron chi connectivity index (χ0n) is 16.9. The molecule has 0 saturated heterocycles. The van der Waals surface area contributed by atoms with Crippen molar-refractivity contribution in [1.82, 2.24) is 25.4 Å². The van der Waals surface area contributed by atoms with Gasteiger partial charge in [-0.05, 0) is 31.9 Å². The van der Waals surface area contributed by atoms with Crippen molar-refractivity contribution in [1.29, 1.82) is 0 Å². The third-order valence-electron chi connectivity index (χ3n) is 5.42. The second-order valence-electron chi connectivity index (χ2n) is 7.50. The molecule has 1 aliphatic carbocycles. The highest BCUT2D eigenvalue weighted by atomic mass is 32.1. The summed E-state index contributed by atoms with van der Waals surface area (Å²) >= 11 is 1.39. The third-order valence-corrected chi connectivity index (χ3v) is 6.31. The molecule has 0 radical (unpaired) electrons. The normalized spacial score (nSPS) is 15.5. The Hall–Kier alpha value is -3.00. The van der Waals surface area contributed by atoms with Crippen LogP contribution in [0.25, 0.3) is 16.3 Å². The van der Waals surface area contributed by atoms with E-state index in [-0.39, 0.29) is 11.8 Å². The Kier molecular flexibility index (Phi) is 5.94. The number of nitrogens with one attached hydrogen (secondary N) is 2. The minimum atomic E-state index is -0.840. The zero-order chi connectivity index (χ0) is 21.0. The van der Waals surface area contributed by atoms with E-state index in [1.54, 1.807) is 16.3 Å². The smallest absolute Gasteiger partial charge is 0.271 e. The molecule has 0 bridgehead atoms. The quantitative estimate of drug-likeness (QED) is 0.634. The van der Waals surface area contributed by atoms with E-state index >= 15 is 0 Å². The average molecular weight is 424 g/mol. The van der Waals surface area contributed by atoms with Crippen LogP contribution in [0.4, 0.5) is 0 Å². The van der Waals surface area contributed by atoms with E-state index in [9.17, 15) is 9.59 Å². The highest BCUT2D eigenvalue weighted by molar-refractivity contribution is 7.13. The molecule has 1 fully saturated rings. The van der Waals surface area contributed by atoms with Gasteiger partial charge < -0.3 is 10.6 Å². The molecular formula is C22H25N5O2S. The number of rotatable bonds is 6. The first-order valence-electron chi connectivity index (χ1n) is 10.3. The first-order chi connectivity index (χ1) is 14.6. The summed E-state index contributed by atoms with van der Waals surface area (Å²) in [5.74, 6) is -0.404. The van der Waals surface area contributed by atoms with E-state index in [0.717, 1.165) is 35.5 Å². The number of benzene rings is 1. The molecule has 2 aromatic heterocycles. The molecule has 8 heteroatoms. The summed E-state index contributed by atoms with van der Waals surface area (Å²) in [5, 5.41) is 12.7. The van der Waals surface area contributed by atoms with E-state index in [1.165, 1.54) is 11.3 Å². The molecule has 1 aliphatic rings. The summed E-state index contributed by atoms with van der Waals surface area (Å²) in [5.41, 5.74) is 1.29. The van der Waals surface area contributed by atoms with Crippen LogP contribution in [0, 0.1) is 0 Å². The zero-order valence-corrected chi connectivity index (χ0v) is 17.7. The van der Waals surface area contributed by atoms with Crippen molar-refractivity contribution in [2.24, 2.45) is 0 Å². The molecule has 7 nitrogen and oxygen atoms in total. The van der Waals surface area contributed by atoms with E-state index in [0.29, 0.717) is 25.1 Å². The van der Waals surface area contributed by atoms with Crippen LogP contribution < -0.4 is 10.6 Å². The van der Waals surface area contributed by atoms with Crippen LogP contribution in [-0.4, -0.2) is 38.7 Å². The number of hydrogen-bond donors (Lipinski definition) is 2. The first kappa shape index (κ1) is 20.3. The maximum Gasteiger partial charge on any atom is 0.271 e. The third kappa shape index (κ3) is 4.14.